The zero-order valence-electron chi connectivity index (χ0n) is 22.7. The molecule has 1 atom stereocenters. The van der Waals surface area contributed by atoms with Crippen LogP contribution < -0.4 is 22.1 Å². The summed E-state index contributed by atoms with van der Waals surface area (Å²) in [5.74, 6) is -1.13. The van der Waals surface area contributed by atoms with E-state index in [4.69, 9.17) is 23.1 Å². The van der Waals surface area contributed by atoms with Crippen molar-refractivity contribution < 1.29 is 14.1 Å². The van der Waals surface area contributed by atoms with E-state index in [2.05, 4.69) is 19.6 Å². The minimum atomic E-state index is -0.981. The molecule has 220 valence electrons. The van der Waals surface area contributed by atoms with E-state index in [1.165, 1.54) is 4.90 Å². The van der Waals surface area contributed by atoms with E-state index >= 15 is 0 Å². The SMILES string of the molecule is Cl.NC[C@H]1CC[C@H](C(=O)N(C(=O)[C@@H](N)Cc2cccc(-c3cnccc3Cl)c2)c2ccc(-c3noc(=O)[nH]3)cc2)CC1. The second-order valence-electron chi connectivity index (χ2n) is 10.3. The van der Waals surface area contributed by atoms with Crippen molar-refractivity contribution in [3.05, 3.63) is 88.1 Å². The lowest BCUT2D eigenvalue weighted by Crippen LogP contribution is -2.50. The highest BCUT2D eigenvalue weighted by Crippen LogP contribution is 2.32. The largest absolute Gasteiger partial charge is 0.439 e. The number of aromatic amines is 1. The van der Waals surface area contributed by atoms with Gasteiger partial charge in [0.1, 0.15) is 0 Å². The molecule has 12 heteroatoms. The number of aromatic nitrogens is 3. The van der Waals surface area contributed by atoms with Crippen LogP contribution in [0.25, 0.3) is 22.5 Å². The molecule has 1 fully saturated rings. The minimum Gasteiger partial charge on any atom is -0.330 e. The number of benzene rings is 2. The Morgan fingerprint density at radius 1 is 1.07 bits per heavy atom. The van der Waals surface area contributed by atoms with Crippen LogP contribution in [0.5, 0.6) is 0 Å². The molecule has 0 radical (unpaired) electrons. The lowest BCUT2D eigenvalue weighted by atomic mass is 9.81. The first-order valence-corrected chi connectivity index (χ1v) is 13.9. The second kappa shape index (κ2) is 13.9. The van der Waals surface area contributed by atoms with Gasteiger partial charge in [-0.15, -0.1) is 12.4 Å². The second-order valence-corrected chi connectivity index (χ2v) is 10.7. The standard InChI is InChI=1S/C30H31ClN6O4.ClH/c31-25-12-13-34-17-24(25)22-3-1-2-19(14-22)15-26(33)29(39)37(28(38)21-6-4-18(16-32)5-7-21)23-10-8-20(9-11-23)27-35-30(40)41-36-27;/h1-3,8-14,17-18,21,26H,4-7,15-16,32-33H2,(H,35,36,40);1H/t18-,21-,26-;/m0./s1. The number of nitrogens with zero attached hydrogens (tertiary/aromatic N) is 3. The number of amides is 2. The quantitative estimate of drug-likeness (QED) is 0.265. The summed E-state index contributed by atoms with van der Waals surface area (Å²) in [6.07, 6.45) is 6.51. The van der Waals surface area contributed by atoms with E-state index < -0.39 is 17.7 Å². The maximum Gasteiger partial charge on any atom is 0.439 e. The predicted molar refractivity (Wildman–Crippen MR) is 163 cm³/mol. The highest BCUT2D eigenvalue weighted by Gasteiger charge is 2.35. The summed E-state index contributed by atoms with van der Waals surface area (Å²) in [7, 11) is 0. The van der Waals surface area contributed by atoms with Gasteiger partial charge in [-0.3, -0.25) is 24.1 Å². The maximum absolute atomic E-state index is 13.9. The van der Waals surface area contributed by atoms with E-state index in [9.17, 15) is 14.4 Å². The van der Waals surface area contributed by atoms with Gasteiger partial charge in [0, 0.05) is 29.4 Å². The van der Waals surface area contributed by atoms with Gasteiger partial charge in [0.05, 0.1) is 16.8 Å². The smallest absolute Gasteiger partial charge is 0.330 e. The van der Waals surface area contributed by atoms with Crippen LogP contribution in [-0.4, -0.2) is 39.5 Å². The Morgan fingerprint density at radius 2 is 1.81 bits per heavy atom. The van der Waals surface area contributed by atoms with E-state index in [0.717, 1.165) is 29.5 Å². The van der Waals surface area contributed by atoms with Crippen molar-refractivity contribution in [3.8, 4) is 22.5 Å². The third kappa shape index (κ3) is 6.96. The Bertz CT molecular complexity index is 1580. The van der Waals surface area contributed by atoms with Gasteiger partial charge in [-0.05, 0) is 86.0 Å². The maximum atomic E-state index is 13.9. The number of anilines is 1. The third-order valence-electron chi connectivity index (χ3n) is 7.59. The number of imide groups is 1. The molecule has 0 unspecified atom stereocenters. The van der Waals surface area contributed by atoms with Crippen molar-refractivity contribution in [2.24, 2.45) is 23.3 Å². The van der Waals surface area contributed by atoms with Gasteiger partial charge in [0.15, 0.2) is 5.82 Å². The van der Waals surface area contributed by atoms with E-state index in [1.54, 1.807) is 42.7 Å². The van der Waals surface area contributed by atoms with Crippen molar-refractivity contribution in [1.82, 2.24) is 15.1 Å². The van der Waals surface area contributed by atoms with Crippen LogP contribution in [0.15, 0.2) is 76.3 Å². The van der Waals surface area contributed by atoms with Crippen LogP contribution in [0, 0.1) is 11.8 Å². The number of carbonyl (C=O) groups is 2. The number of pyridine rings is 1. The molecule has 1 aliphatic rings. The summed E-state index contributed by atoms with van der Waals surface area (Å²) in [5, 5.41) is 4.26. The van der Waals surface area contributed by atoms with Crippen molar-refractivity contribution >= 4 is 41.5 Å². The number of H-pyrrole nitrogens is 1. The zero-order valence-corrected chi connectivity index (χ0v) is 24.3. The number of hydrogen-bond donors (Lipinski definition) is 3. The highest BCUT2D eigenvalue weighted by atomic mass is 35.5. The fourth-order valence-electron chi connectivity index (χ4n) is 5.28. The van der Waals surface area contributed by atoms with E-state index in [-0.39, 0.29) is 36.5 Å². The molecule has 0 bridgehead atoms. The molecular formula is C30H32Cl2N6O4. The van der Waals surface area contributed by atoms with Crippen molar-refractivity contribution in [2.75, 3.05) is 11.4 Å². The third-order valence-corrected chi connectivity index (χ3v) is 7.92. The molecule has 42 heavy (non-hydrogen) atoms. The molecule has 0 spiro atoms. The van der Waals surface area contributed by atoms with Gasteiger partial charge < -0.3 is 11.5 Å². The summed E-state index contributed by atoms with van der Waals surface area (Å²) in [5.41, 5.74) is 15.7. The van der Waals surface area contributed by atoms with Crippen molar-refractivity contribution in [2.45, 2.75) is 38.1 Å². The number of rotatable bonds is 8. The summed E-state index contributed by atoms with van der Waals surface area (Å²) in [6, 6.07) is 14.9. The monoisotopic (exact) mass is 610 g/mol. The fourth-order valence-corrected chi connectivity index (χ4v) is 5.49. The van der Waals surface area contributed by atoms with E-state index in [0.29, 0.717) is 41.6 Å². The van der Waals surface area contributed by atoms with Gasteiger partial charge in [0.2, 0.25) is 5.91 Å². The minimum absolute atomic E-state index is 0. The van der Waals surface area contributed by atoms with Crippen LogP contribution in [-0.2, 0) is 16.0 Å². The molecule has 2 amide bonds. The first-order chi connectivity index (χ1) is 19.8. The highest BCUT2D eigenvalue weighted by molar-refractivity contribution is 6.33. The summed E-state index contributed by atoms with van der Waals surface area (Å²) in [6.45, 7) is 0.587. The molecule has 1 aliphatic carbocycles. The van der Waals surface area contributed by atoms with Gasteiger partial charge >= 0.3 is 5.76 Å². The number of nitrogens with two attached hydrogens (primary N) is 2. The summed E-state index contributed by atoms with van der Waals surface area (Å²) in [4.78, 5) is 46.9. The van der Waals surface area contributed by atoms with Crippen LogP contribution in [0.3, 0.4) is 0 Å². The predicted octanol–water partition coefficient (Wildman–Crippen LogP) is 4.36. The normalized spacial score (nSPS) is 17.2. The lowest BCUT2D eigenvalue weighted by molar-refractivity contribution is -0.130. The zero-order chi connectivity index (χ0) is 28.9. The topological polar surface area (TPSA) is 161 Å². The molecule has 2 aromatic heterocycles. The molecular weight excluding hydrogens is 579 g/mol. The van der Waals surface area contributed by atoms with Gasteiger partial charge in [-0.2, -0.15) is 0 Å². The molecule has 10 nitrogen and oxygen atoms in total. The number of hydrogen-bond acceptors (Lipinski definition) is 8. The van der Waals surface area contributed by atoms with Gasteiger partial charge in [0.25, 0.3) is 5.91 Å². The molecule has 0 aliphatic heterocycles. The Morgan fingerprint density at radius 3 is 2.45 bits per heavy atom. The Hall–Kier alpha value is -3.83. The number of halogens is 2. The van der Waals surface area contributed by atoms with E-state index in [1.807, 2.05) is 24.3 Å². The average molecular weight is 612 g/mol. The first kappa shape index (κ1) is 31.1. The Balaban J connectivity index is 0.00000405. The molecule has 1 saturated carbocycles. The molecule has 0 saturated heterocycles. The Labute approximate surface area is 253 Å². The fraction of sp³-hybridized carbons (Fsp3) is 0.300. The van der Waals surface area contributed by atoms with Crippen molar-refractivity contribution in [1.29, 1.82) is 0 Å². The van der Waals surface area contributed by atoms with Gasteiger partial charge in [-0.25, -0.2) is 9.69 Å². The Kier molecular flexibility index (Phi) is 10.3. The number of carbonyl (C=O) groups excluding carboxylic acids is 2. The van der Waals surface area contributed by atoms with Crippen molar-refractivity contribution in [3.63, 3.8) is 0 Å². The molecule has 2 heterocycles. The number of nitrogens with one attached hydrogen (secondary N) is 1. The molecule has 2 aromatic carbocycles. The van der Waals surface area contributed by atoms with Gasteiger partial charge in [-0.1, -0.05) is 41.0 Å². The first-order valence-electron chi connectivity index (χ1n) is 13.5. The van der Waals surface area contributed by atoms with Crippen LogP contribution >= 0.6 is 24.0 Å². The molecule has 4 aromatic rings. The lowest BCUT2D eigenvalue weighted by Gasteiger charge is -2.32. The van der Waals surface area contributed by atoms with Crippen LogP contribution in [0.2, 0.25) is 5.02 Å². The summed E-state index contributed by atoms with van der Waals surface area (Å²) >= 11 is 6.36. The van der Waals surface area contributed by atoms with Crippen LogP contribution in [0.4, 0.5) is 5.69 Å². The summed E-state index contributed by atoms with van der Waals surface area (Å²) < 4.78 is 4.59. The average Bonchev–Trinajstić information content (AvgIpc) is 3.44. The molecule has 5 N–H and O–H groups in total. The van der Waals surface area contributed by atoms with Crippen LogP contribution in [0.1, 0.15) is 31.2 Å². The molecule has 5 rings (SSSR count).